The third-order valence-electron chi connectivity index (χ3n) is 5.20. The Labute approximate surface area is 179 Å². The number of likely N-dealkylation sites (tertiary alicyclic amines) is 1. The molecule has 1 fully saturated rings. The van der Waals surface area contributed by atoms with Gasteiger partial charge >= 0.3 is 5.97 Å². The summed E-state index contributed by atoms with van der Waals surface area (Å²) in [5.41, 5.74) is 2.98. The lowest BCUT2D eigenvalue weighted by molar-refractivity contribution is -0.148. The average molecular weight is 422 g/mol. The van der Waals surface area contributed by atoms with Gasteiger partial charge in [0.15, 0.2) is 0 Å². The quantitative estimate of drug-likeness (QED) is 0.619. The van der Waals surface area contributed by atoms with Crippen LogP contribution < -0.4 is 5.32 Å². The predicted octanol–water partition coefficient (Wildman–Crippen LogP) is 4.31. The molecule has 1 aliphatic rings. The maximum absolute atomic E-state index is 12.7. The van der Waals surface area contributed by atoms with Gasteiger partial charge in [0.05, 0.1) is 10.6 Å². The minimum Gasteiger partial charge on any atom is -0.480 e. The van der Waals surface area contributed by atoms with Crippen LogP contribution in [0.4, 0.5) is 5.82 Å². The van der Waals surface area contributed by atoms with Crippen LogP contribution in [-0.4, -0.2) is 39.5 Å². The zero-order chi connectivity index (χ0) is 21.1. The molecule has 0 bridgehead atoms. The highest BCUT2D eigenvalue weighted by molar-refractivity contribution is 6.37. The largest absolute Gasteiger partial charge is 0.480 e. The van der Waals surface area contributed by atoms with Crippen LogP contribution in [0.3, 0.4) is 0 Å². The van der Waals surface area contributed by atoms with E-state index in [2.05, 4.69) is 10.3 Å². The summed E-state index contributed by atoms with van der Waals surface area (Å²) in [5.74, 6) is -0.734. The highest BCUT2D eigenvalue weighted by Crippen LogP contribution is 2.31. The van der Waals surface area contributed by atoms with E-state index in [4.69, 9.17) is 16.7 Å². The fourth-order valence-electron chi connectivity index (χ4n) is 3.47. The third kappa shape index (κ3) is 4.20. The van der Waals surface area contributed by atoms with Gasteiger partial charge in [-0.05, 0) is 29.7 Å². The van der Waals surface area contributed by atoms with Crippen molar-refractivity contribution in [1.29, 1.82) is 0 Å². The molecule has 30 heavy (non-hydrogen) atoms. The number of carboxylic acids is 1. The molecule has 0 unspecified atom stereocenters. The maximum atomic E-state index is 12.7. The number of nitrogens with zero attached hydrogens (tertiary/aromatic N) is 2. The average Bonchev–Trinajstić information content (AvgIpc) is 2.72. The Morgan fingerprint density at radius 1 is 1.10 bits per heavy atom. The summed E-state index contributed by atoms with van der Waals surface area (Å²) in [7, 11) is 0. The number of carbonyl (C=O) groups excluding carboxylic acids is 1. The van der Waals surface area contributed by atoms with Crippen LogP contribution in [0, 0.1) is 0 Å². The molecule has 0 spiro atoms. The number of pyridine rings is 1. The minimum absolute atomic E-state index is 0.341. The number of rotatable bonds is 6. The number of halogens is 1. The SMILES string of the molecule is O=C(Nc1ccc(CN2CC[C@@H]2C(=O)O)cn1)c1cccc(-c2ccccc2)c1Cl. The molecule has 0 saturated carbocycles. The van der Waals surface area contributed by atoms with Crippen LogP contribution in [0.25, 0.3) is 11.1 Å². The smallest absolute Gasteiger partial charge is 0.320 e. The van der Waals surface area contributed by atoms with E-state index < -0.39 is 12.0 Å². The summed E-state index contributed by atoms with van der Waals surface area (Å²) < 4.78 is 0. The fourth-order valence-corrected chi connectivity index (χ4v) is 3.79. The van der Waals surface area contributed by atoms with Crippen LogP contribution in [-0.2, 0) is 11.3 Å². The predicted molar refractivity (Wildman–Crippen MR) is 116 cm³/mol. The van der Waals surface area contributed by atoms with E-state index in [0.717, 1.165) is 23.2 Å². The van der Waals surface area contributed by atoms with Crippen molar-refractivity contribution >= 4 is 29.3 Å². The number of hydrogen-bond donors (Lipinski definition) is 2. The van der Waals surface area contributed by atoms with Gasteiger partial charge in [-0.2, -0.15) is 0 Å². The highest BCUT2D eigenvalue weighted by atomic mass is 35.5. The molecule has 2 heterocycles. The Balaban J connectivity index is 1.45. The van der Waals surface area contributed by atoms with Crippen molar-refractivity contribution in [3.63, 3.8) is 0 Å². The Morgan fingerprint density at radius 2 is 1.90 bits per heavy atom. The molecule has 2 aromatic carbocycles. The van der Waals surface area contributed by atoms with E-state index in [-0.39, 0.29) is 5.91 Å². The number of aliphatic carboxylic acids is 1. The van der Waals surface area contributed by atoms with Crippen molar-refractivity contribution < 1.29 is 14.7 Å². The molecule has 0 aliphatic carbocycles. The zero-order valence-corrected chi connectivity index (χ0v) is 16.8. The first-order valence-corrected chi connectivity index (χ1v) is 9.98. The summed E-state index contributed by atoms with van der Waals surface area (Å²) in [6, 6.07) is 18.1. The van der Waals surface area contributed by atoms with Crippen molar-refractivity contribution in [2.24, 2.45) is 0 Å². The second-order valence-electron chi connectivity index (χ2n) is 7.15. The molecular formula is C23H20ClN3O3. The van der Waals surface area contributed by atoms with Crippen LogP contribution in [0.1, 0.15) is 22.3 Å². The number of amides is 1. The van der Waals surface area contributed by atoms with E-state index >= 15 is 0 Å². The van der Waals surface area contributed by atoms with Gasteiger partial charge in [0.25, 0.3) is 5.91 Å². The van der Waals surface area contributed by atoms with Gasteiger partial charge in [-0.3, -0.25) is 14.5 Å². The molecule has 1 saturated heterocycles. The van der Waals surface area contributed by atoms with Gasteiger partial charge in [-0.25, -0.2) is 4.98 Å². The number of nitrogens with one attached hydrogen (secondary N) is 1. The van der Waals surface area contributed by atoms with E-state index in [0.29, 0.717) is 29.4 Å². The summed E-state index contributed by atoms with van der Waals surface area (Å²) in [6.45, 7) is 1.27. The minimum atomic E-state index is -0.798. The van der Waals surface area contributed by atoms with Crippen LogP contribution in [0.2, 0.25) is 5.02 Å². The first-order valence-electron chi connectivity index (χ1n) is 9.60. The van der Waals surface area contributed by atoms with Crippen molar-refractivity contribution in [2.75, 3.05) is 11.9 Å². The first kappa shape index (κ1) is 20.1. The lowest BCUT2D eigenvalue weighted by Crippen LogP contribution is -2.51. The van der Waals surface area contributed by atoms with Gasteiger partial charge in [0, 0.05) is 24.8 Å². The van der Waals surface area contributed by atoms with Crippen molar-refractivity contribution in [3.05, 3.63) is 83.0 Å². The number of carboxylic acid groups (broad SMARTS) is 1. The molecule has 1 atom stereocenters. The Hall–Kier alpha value is -3.22. The Kier molecular flexibility index (Phi) is 5.79. The summed E-state index contributed by atoms with van der Waals surface area (Å²) >= 11 is 6.51. The summed E-state index contributed by atoms with van der Waals surface area (Å²) in [6.07, 6.45) is 2.31. The highest BCUT2D eigenvalue weighted by Gasteiger charge is 2.33. The number of hydrogen-bond acceptors (Lipinski definition) is 4. The first-order chi connectivity index (χ1) is 14.5. The van der Waals surface area contributed by atoms with E-state index in [9.17, 15) is 9.59 Å². The van der Waals surface area contributed by atoms with Crippen molar-refractivity contribution in [3.8, 4) is 11.1 Å². The van der Waals surface area contributed by atoms with Gasteiger partial charge < -0.3 is 10.4 Å². The molecule has 152 valence electrons. The summed E-state index contributed by atoms with van der Waals surface area (Å²) in [4.78, 5) is 30.0. The molecule has 0 radical (unpaired) electrons. The standard InChI is InChI=1S/C23H20ClN3O3/c24-21-17(16-5-2-1-3-6-16)7-4-8-18(21)22(28)26-20-10-9-15(13-25-20)14-27-12-11-19(27)23(29)30/h1-10,13,19H,11-12,14H2,(H,29,30)(H,25,26,28)/t19-/m1/s1. The third-order valence-corrected chi connectivity index (χ3v) is 5.60. The summed E-state index contributed by atoms with van der Waals surface area (Å²) in [5, 5.41) is 12.3. The molecule has 1 amide bonds. The van der Waals surface area contributed by atoms with E-state index in [1.807, 2.05) is 47.4 Å². The number of aromatic nitrogens is 1. The van der Waals surface area contributed by atoms with Gasteiger partial charge in [-0.15, -0.1) is 0 Å². The van der Waals surface area contributed by atoms with Crippen molar-refractivity contribution in [2.45, 2.75) is 19.0 Å². The number of benzene rings is 2. The Bertz CT molecular complexity index is 1070. The number of anilines is 1. The van der Waals surface area contributed by atoms with Crippen LogP contribution >= 0.6 is 11.6 Å². The number of carbonyl (C=O) groups is 2. The van der Waals surface area contributed by atoms with E-state index in [1.54, 1.807) is 24.4 Å². The molecule has 1 aromatic heterocycles. The van der Waals surface area contributed by atoms with Gasteiger partial charge in [-0.1, -0.05) is 60.1 Å². The van der Waals surface area contributed by atoms with Crippen LogP contribution in [0.15, 0.2) is 66.9 Å². The molecule has 2 N–H and O–H groups in total. The topological polar surface area (TPSA) is 82.5 Å². The molecular weight excluding hydrogens is 402 g/mol. The normalized spacial score (nSPS) is 16.0. The lowest BCUT2D eigenvalue weighted by Gasteiger charge is -2.37. The molecule has 3 aromatic rings. The fraction of sp³-hybridized carbons (Fsp3) is 0.174. The maximum Gasteiger partial charge on any atom is 0.320 e. The van der Waals surface area contributed by atoms with Gasteiger partial charge in [0.2, 0.25) is 0 Å². The molecule has 6 nitrogen and oxygen atoms in total. The molecule has 7 heteroatoms. The second kappa shape index (κ2) is 8.65. The van der Waals surface area contributed by atoms with Gasteiger partial charge in [0.1, 0.15) is 11.9 Å². The second-order valence-corrected chi connectivity index (χ2v) is 7.53. The zero-order valence-electron chi connectivity index (χ0n) is 16.1. The van der Waals surface area contributed by atoms with Crippen LogP contribution in [0.5, 0.6) is 0 Å². The monoisotopic (exact) mass is 421 g/mol. The molecule has 1 aliphatic heterocycles. The van der Waals surface area contributed by atoms with Crippen molar-refractivity contribution in [1.82, 2.24) is 9.88 Å². The molecule has 4 rings (SSSR count). The van der Waals surface area contributed by atoms with E-state index in [1.165, 1.54) is 0 Å². The lowest BCUT2D eigenvalue weighted by atomic mass is 10.0. The Morgan fingerprint density at radius 3 is 2.53 bits per heavy atom.